The lowest BCUT2D eigenvalue weighted by Crippen LogP contribution is -2.46. The number of fused-ring (bicyclic) bond motifs is 1. The highest BCUT2D eigenvalue weighted by atomic mass is 19.1. The third-order valence-electron chi connectivity index (χ3n) is 7.24. The molecule has 1 aliphatic carbocycles. The van der Waals surface area contributed by atoms with Crippen LogP contribution in [0.2, 0.25) is 0 Å². The van der Waals surface area contributed by atoms with Crippen molar-refractivity contribution in [2.75, 3.05) is 31.1 Å². The zero-order valence-corrected chi connectivity index (χ0v) is 19.8. The largest absolute Gasteiger partial charge is 0.477 e. The highest BCUT2D eigenvalue weighted by molar-refractivity contribution is 5.94. The van der Waals surface area contributed by atoms with Crippen molar-refractivity contribution >= 4 is 22.6 Å². The van der Waals surface area contributed by atoms with Gasteiger partial charge in [-0.2, -0.15) is 4.39 Å². The monoisotopic (exact) mass is 486 g/mol. The second-order valence-corrected chi connectivity index (χ2v) is 9.62. The van der Waals surface area contributed by atoms with E-state index in [1.165, 1.54) is 10.1 Å². The van der Waals surface area contributed by atoms with Crippen LogP contribution in [0.4, 0.5) is 10.1 Å². The molecule has 2 fully saturated rings. The van der Waals surface area contributed by atoms with Gasteiger partial charge in [-0.1, -0.05) is 12.1 Å². The van der Waals surface area contributed by atoms with E-state index in [0.717, 1.165) is 56.9 Å². The summed E-state index contributed by atoms with van der Waals surface area (Å²) in [6, 6.07) is 17.9. The molecule has 1 saturated carbocycles. The number of carboxylic acid groups (broad SMARTS) is 1. The van der Waals surface area contributed by atoms with Crippen LogP contribution in [0.1, 0.15) is 34.8 Å². The lowest BCUT2D eigenvalue weighted by Gasteiger charge is -2.36. The van der Waals surface area contributed by atoms with E-state index in [-0.39, 0.29) is 11.4 Å². The average Bonchev–Trinajstić information content (AvgIpc) is 3.56. The van der Waals surface area contributed by atoms with Crippen molar-refractivity contribution in [1.29, 1.82) is 0 Å². The minimum atomic E-state index is -1.52. The normalized spacial score (nSPS) is 16.5. The fraction of sp³-hybridized carbons (Fsp3) is 0.286. The molecule has 184 valence electrons. The fourth-order valence-corrected chi connectivity index (χ4v) is 5.14. The fourth-order valence-electron chi connectivity index (χ4n) is 5.14. The predicted molar refractivity (Wildman–Crippen MR) is 137 cm³/mol. The van der Waals surface area contributed by atoms with Gasteiger partial charge in [0.1, 0.15) is 0 Å². The summed E-state index contributed by atoms with van der Waals surface area (Å²) in [6.07, 6.45) is 5.63. The minimum Gasteiger partial charge on any atom is -0.477 e. The number of carboxylic acids is 1. The second-order valence-electron chi connectivity index (χ2n) is 9.62. The third-order valence-corrected chi connectivity index (χ3v) is 7.24. The van der Waals surface area contributed by atoms with Gasteiger partial charge in [-0.05, 0) is 60.9 Å². The summed E-state index contributed by atoms with van der Waals surface area (Å²) in [5.41, 5.74) is 2.29. The molecule has 36 heavy (non-hydrogen) atoms. The van der Waals surface area contributed by atoms with Crippen LogP contribution in [0.15, 0.2) is 71.8 Å². The molecule has 0 unspecified atom stereocenters. The molecular weight excluding hydrogens is 459 g/mol. The Balaban J connectivity index is 1.19. The summed E-state index contributed by atoms with van der Waals surface area (Å²) >= 11 is 0. The number of aromatic nitrogens is 2. The summed E-state index contributed by atoms with van der Waals surface area (Å²) in [4.78, 5) is 28.9. The predicted octanol–water partition coefficient (Wildman–Crippen LogP) is 4.29. The van der Waals surface area contributed by atoms with Crippen molar-refractivity contribution in [3.05, 3.63) is 94.3 Å². The number of halogens is 1. The van der Waals surface area contributed by atoms with Crippen LogP contribution in [0, 0.1) is 5.95 Å². The van der Waals surface area contributed by atoms with E-state index < -0.39 is 22.9 Å². The minimum absolute atomic E-state index is 0.0952. The third kappa shape index (κ3) is 4.07. The number of anilines is 1. The number of aromatic carboxylic acids is 1. The number of hydrogen-bond acceptors (Lipinski definition) is 4. The highest BCUT2D eigenvalue weighted by Crippen LogP contribution is 2.39. The molecule has 2 aromatic heterocycles. The van der Waals surface area contributed by atoms with Crippen molar-refractivity contribution < 1.29 is 14.3 Å². The number of pyridine rings is 1. The van der Waals surface area contributed by atoms with Gasteiger partial charge in [-0.25, -0.2) is 4.79 Å². The van der Waals surface area contributed by atoms with Gasteiger partial charge in [-0.15, -0.1) is 0 Å². The number of piperazine rings is 1. The Hall–Kier alpha value is -3.91. The zero-order chi connectivity index (χ0) is 24.8. The van der Waals surface area contributed by atoms with Crippen LogP contribution in [0.5, 0.6) is 0 Å². The van der Waals surface area contributed by atoms with Crippen LogP contribution in [0.25, 0.3) is 16.6 Å². The maximum atomic E-state index is 15.1. The van der Waals surface area contributed by atoms with E-state index in [2.05, 4.69) is 38.6 Å². The van der Waals surface area contributed by atoms with Gasteiger partial charge >= 0.3 is 5.97 Å². The molecule has 1 saturated heterocycles. The summed E-state index contributed by atoms with van der Waals surface area (Å²) in [5, 5.41) is 9.67. The van der Waals surface area contributed by atoms with E-state index >= 15 is 4.39 Å². The molecule has 8 heteroatoms. The molecular formula is C28H27FN4O3. The summed E-state index contributed by atoms with van der Waals surface area (Å²) in [6.45, 7) is 4.28. The first-order valence-electron chi connectivity index (χ1n) is 12.3. The smallest absolute Gasteiger partial charge is 0.344 e. The molecule has 7 nitrogen and oxygen atoms in total. The Morgan fingerprint density at radius 1 is 0.944 bits per heavy atom. The number of hydrogen-bond donors (Lipinski definition) is 1. The Labute approximate surface area is 207 Å². The lowest BCUT2D eigenvalue weighted by atomic mass is 10.1. The molecule has 1 aliphatic heterocycles. The van der Waals surface area contributed by atoms with E-state index in [0.29, 0.717) is 5.52 Å². The van der Waals surface area contributed by atoms with Gasteiger partial charge in [-0.3, -0.25) is 9.69 Å². The standard InChI is InChI=1S/C28H27FN4O3/c29-27-25(28(35)36)26(34)23-10-9-22(17-24(23)33(27)21-7-8-21)32-15-13-30(14-16-32)18-19-3-5-20(6-4-19)31-11-1-2-12-31/h1-6,9-12,17,21H,7-8,13-16,18H2,(H,35,36). The van der Waals surface area contributed by atoms with E-state index in [1.54, 1.807) is 6.07 Å². The van der Waals surface area contributed by atoms with E-state index in [4.69, 9.17) is 0 Å². The Bertz CT molecular complexity index is 1480. The van der Waals surface area contributed by atoms with Crippen LogP contribution in [-0.2, 0) is 6.54 Å². The van der Waals surface area contributed by atoms with Gasteiger partial charge in [0.05, 0.1) is 5.52 Å². The zero-order valence-electron chi connectivity index (χ0n) is 19.8. The van der Waals surface area contributed by atoms with Crippen molar-refractivity contribution in [3.8, 4) is 5.69 Å². The van der Waals surface area contributed by atoms with Crippen LogP contribution in [0.3, 0.4) is 0 Å². The number of rotatable bonds is 6. The molecule has 0 radical (unpaired) electrons. The van der Waals surface area contributed by atoms with Crippen molar-refractivity contribution in [2.24, 2.45) is 0 Å². The molecule has 3 heterocycles. The second kappa shape index (κ2) is 8.95. The number of carbonyl (C=O) groups is 1. The Morgan fingerprint density at radius 3 is 2.25 bits per heavy atom. The average molecular weight is 487 g/mol. The van der Waals surface area contributed by atoms with Gasteiger partial charge in [0, 0.05) is 67.9 Å². The van der Waals surface area contributed by atoms with Crippen LogP contribution >= 0.6 is 0 Å². The highest BCUT2D eigenvalue weighted by Gasteiger charge is 2.32. The van der Waals surface area contributed by atoms with Crippen LogP contribution < -0.4 is 10.3 Å². The Morgan fingerprint density at radius 2 is 1.61 bits per heavy atom. The van der Waals surface area contributed by atoms with Crippen molar-refractivity contribution in [3.63, 3.8) is 0 Å². The molecule has 0 amide bonds. The van der Waals surface area contributed by atoms with Crippen molar-refractivity contribution in [2.45, 2.75) is 25.4 Å². The quantitative estimate of drug-likeness (QED) is 0.412. The lowest BCUT2D eigenvalue weighted by molar-refractivity contribution is 0.0688. The first kappa shape index (κ1) is 22.5. The van der Waals surface area contributed by atoms with E-state index in [9.17, 15) is 14.7 Å². The maximum Gasteiger partial charge on any atom is 0.344 e. The topological polar surface area (TPSA) is 70.7 Å². The van der Waals surface area contributed by atoms with Gasteiger partial charge < -0.3 is 19.1 Å². The molecule has 4 aromatic rings. The van der Waals surface area contributed by atoms with Gasteiger partial charge in [0.2, 0.25) is 11.4 Å². The molecule has 1 N–H and O–H groups in total. The molecule has 0 atom stereocenters. The van der Waals surface area contributed by atoms with Gasteiger partial charge in [0.15, 0.2) is 5.56 Å². The molecule has 0 bridgehead atoms. The van der Waals surface area contributed by atoms with Gasteiger partial charge in [0.25, 0.3) is 0 Å². The van der Waals surface area contributed by atoms with Crippen LogP contribution in [-0.4, -0.2) is 51.3 Å². The number of benzene rings is 2. The van der Waals surface area contributed by atoms with Crippen molar-refractivity contribution in [1.82, 2.24) is 14.0 Å². The molecule has 2 aliphatic rings. The first-order valence-corrected chi connectivity index (χ1v) is 12.3. The first-order chi connectivity index (χ1) is 17.5. The summed E-state index contributed by atoms with van der Waals surface area (Å²) < 4.78 is 18.6. The summed E-state index contributed by atoms with van der Waals surface area (Å²) in [5.74, 6) is -2.46. The Kier molecular flexibility index (Phi) is 5.60. The molecule has 6 rings (SSSR count). The number of nitrogens with zero attached hydrogens (tertiary/aromatic N) is 4. The van der Waals surface area contributed by atoms with E-state index in [1.807, 2.05) is 36.7 Å². The summed E-state index contributed by atoms with van der Waals surface area (Å²) in [7, 11) is 0. The molecule has 0 spiro atoms. The SMILES string of the molecule is O=C(O)c1c(F)n(C2CC2)c2cc(N3CCN(Cc4ccc(-n5cccc5)cc4)CC3)ccc2c1=O. The maximum absolute atomic E-state index is 15.1. The molecule has 2 aromatic carbocycles.